The number of aliphatic hydroxyl groups is 1. The Morgan fingerprint density at radius 1 is 1.23 bits per heavy atom. The van der Waals surface area contributed by atoms with Crippen molar-refractivity contribution in [3.05, 3.63) is 42.5 Å². The molecule has 3 atom stereocenters. The first-order valence-electron chi connectivity index (χ1n) is 10.4. The lowest BCUT2D eigenvalue weighted by Crippen LogP contribution is -2.49. The molecule has 1 aliphatic heterocycles. The van der Waals surface area contributed by atoms with Gasteiger partial charge in [-0.25, -0.2) is 8.42 Å². The molecule has 2 aromatic rings. The van der Waals surface area contributed by atoms with Crippen LogP contribution in [-0.2, 0) is 10.0 Å². The maximum atomic E-state index is 13.5. The second-order valence-corrected chi connectivity index (χ2v) is 10.3. The summed E-state index contributed by atoms with van der Waals surface area (Å²) in [5, 5.41) is 9.71. The van der Waals surface area contributed by atoms with Crippen LogP contribution in [0, 0.1) is 5.92 Å². The van der Waals surface area contributed by atoms with E-state index in [1.165, 1.54) is 4.31 Å². The third kappa shape index (κ3) is 5.03. The van der Waals surface area contributed by atoms with Crippen LogP contribution in [0.5, 0.6) is 11.5 Å². The first kappa shape index (κ1) is 23.5. The fourth-order valence-corrected chi connectivity index (χ4v) is 5.61. The van der Waals surface area contributed by atoms with Gasteiger partial charge in [0.2, 0.25) is 10.0 Å². The van der Waals surface area contributed by atoms with Crippen LogP contribution in [0.4, 0.5) is 0 Å². The van der Waals surface area contributed by atoms with Gasteiger partial charge in [0.1, 0.15) is 22.5 Å². The molecule has 0 aliphatic carbocycles. The number of hydrogen-bond donors (Lipinski definition) is 1. The number of likely N-dealkylation sites (N-methyl/N-ethyl adjacent to an activating group) is 1. The first-order valence-corrected chi connectivity index (χ1v) is 11.8. The van der Waals surface area contributed by atoms with E-state index >= 15 is 0 Å². The van der Waals surface area contributed by atoms with Gasteiger partial charge in [0.25, 0.3) is 0 Å². The fourth-order valence-electron chi connectivity index (χ4n) is 3.79. The van der Waals surface area contributed by atoms with E-state index in [9.17, 15) is 13.5 Å². The Morgan fingerprint density at radius 3 is 2.58 bits per heavy atom. The van der Waals surface area contributed by atoms with Crippen molar-refractivity contribution in [3.63, 3.8) is 0 Å². The minimum Gasteiger partial charge on any atom is -0.497 e. The van der Waals surface area contributed by atoms with Crippen molar-refractivity contribution in [3.8, 4) is 22.6 Å². The van der Waals surface area contributed by atoms with Gasteiger partial charge in [0, 0.05) is 25.0 Å². The van der Waals surface area contributed by atoms with E-state index in [4.69, 9.17) is 9.47 Å². The van der Waals surface area contributed by atoms with E-state index in [0.717, 1.165) is 16.9 Å². The lowest BCUT2D eigenvalue weighted by molar-refractivity contribution is 0.0813. The third-order valence-corrected chi connectivity index (χ3v) is 7.63. The van der Waals surface area contributed by atoms with E-state index in [2.05, 4.69) is 0 Å². The molecule has 0 unspecified atom stereocenters. The highest BCUT2D eigenvalue weighted by Gasteiger charge is 2.37. The summed E-state index contributed by atoms with van der Waals surface area (Å²) in [6, 6.07) is 12.2. The Morgan fingerprint density at radius 2 is 1.94 bits per heavy atom. The monoisotopic (exact) mass is 448 g/mol. The smallest absolute Gasteiger partial charge is 0.247 e. The molecule has 0 radical (unpaired) electrons. The van der Waals surface area contributed by atoms with Crippen LogP contribution < -0.4 is 9.47 Å². The maximum Gasteiger partial charge on any atom is 0.247 e. The largest absolute Gasteiger partial charge is 0.497 e. The molecule has 8 heteroatoms. The Labute approximate surface area is 185 Å². The van der Waals surface area contributed by atoms with Crippen molar-refractivity contribution in [1.82, 2.24) is 9.21 Å². The number of fused-ring (bicyclic) bond motifs is 1. The Bertz CT molecular complexity index is 1010. The zero-order chi connectivity index (χ0) is 22.8. The molecule has 0 fully saturated rings. The first-order chi connectivity index (χ1) is 14.7. The zero-order valence-corrected chi connectivity index (χ0v) is 19.6. The molecule has 1 aliphatic rings. The van der Waals surface area contributed by atoms with Gasteiger partial charge in [-0.2, -0.15) is 4.31 Å². The third-order valence-electron chi connectivity index (χ3n) is 5.62. The van der Waals surface area contributed by atoms with Gasteiger partial charge in [0.05, 0.1) is 13.7 Å². The van der Waals surface area contributed by atoms with Gasteiger partial charge in [0.15, 0.2) is 0 Å². The van der Waals surface area contributed by atoms with Crippen molar-refractivity contribution >= 4 is 10.0 Å². The number of aliphatic hydroxyl groups excluding tert-OH is 1. The second kappa shape index (κ2) is 9.56. The van der Waals surface area contributed by atoms with Gasteiger partial charge in [-0.15, -0.1) is 0 Å². The van der Waals surface area contributed by atoms with Gasteiger partial charge in [-0.3, -0.25) is 0 Å². The summed E-state index contributed by atoms with van der Waals surface area (Å²) in [6.07, 6.45) is -0.210. The summed E-state index contributed by atoms with van der Waals surface area (Å²) in [5.74, 6) is 0.980. The number of benzene rings is 2. The van der Waals surface area contributed by atoms with Crippen molar-refractivity contribution in [1.29, 1.82) is 0 Å². The van der Waals surface area contributed by atoms with E-state index < -0.39 is 16.1 Å². The van der Waals surface area contributed by atoms with Crippen LogP contribution in [0.2, 0.25) is 0 Å². The summed E-state index contributed by atoms with van der Waals surface area (Å²) in [6.45, 7) is 4.38. The van der Waals surface area contributed by atoms with E-state index in [1.54, 1.807) is 32.2 Å². The molecule has 7 nitrogen and oxygen atoms in total. The molecule has 0 aromatic heterocycles. The molecule has 0 saturated heterocycles. The van der Waals surface area contributed by atoms with Crippen molar-refractivity contribution in [2.45, 2.75) is 30.9 Å². The molecule has 3 rings (SSSR count). The standard InChI is InChI=1S/C23H32N2O5S/c1-16-13-25(17(2)15-26)31(27,28)23-10-9-19(18-7-6-8-20(11-18)29-5)12-21(23)30-22(16)14-24(3)4/h6-12,16-17,22,26H,13-15H2,1-5H3/t16-,17-,22-/m1/s1. The minimum absolute atomic E-state index is 0.0696. The molecule has 0 spiro atoms. The molecule has 0 saturated carbocycles. The predicted molar refractivity (Wildman–Crippen MR) is 121 cm³/mol. The van der Waals surface area contributed by atoms with Crippen molar-refractivity contribution in [2.24, 2.45) is 5.92 Å². The van der Waals surface area contributed by atoms with Crippen molar-refractivity contribution in [2.75, 3.05) is 40.9 Å². The molecule has 170 valence electrons. The van der Waals surface area contributed by atoms with Gasteiger partial charge < -0.3 is 19.5 Å². The lowest BCUT2D eigenvalue weighted by Gasteiger charge is -2.37. The number of hydrogen-bond acceptors (Lipinski definition) is 6. The van der Waals surface area contributed by atoms with Crippen LogP contribution in [0.25, 0.3) is 11.1 Å². The molecule has 0 amide bonds. The van der Waals surface area contributed by atoms with E-state index in [-0.39, 0.29) is 30.1 Å². The average molecular weight is 449 g/mol. The van der Waals surface area contributed by atoms with E-state index in [0.29, 0.717) is 12.3 Å². The normalized spacial score (nSPS) is 22.2. The Kier molecular flexibility index (Phi) is 7.26. The van der Waals surface area contributed by atoms with Crippen LogP contribution in [-0.4, -0.2) is 75.8 Å². The number of ether oxygens (including phenoxy) is 2. The summed E-state index contributed by atoms with van der Waals surface area (Å²) in [7, 11) is 1.70. The molecule has 1 heterocycles. The van der Waals surface area contributed by atoms with Crippen LogP contribution in [0.1, 0.15) is 13.8 Å². The molecule has 1 N–H and O–H groups in total. The molecular formula is C23H32N2O5S. The lowest BCUT2D eigenvalue weighted by atomic mass is 10.0. The summed E-state index contributed by atoms with van der Waals surface area (Å²) in [5.41, 5.74) is 1.74. The molecule has 0 bridgehead atoms. The highest BCUT2D eigenvalue weighted by Crippen LogP contribution is 2.37. The quantitative estimate of drug-likeness (QED) is 0.732. The van der Waals surface area contributed by atoms with Crippen LogP contribution in [0.3, 0.4) is 0 Å². The fraction of sp³-hybridized carbons (Fsp3) is 0.478. The van der Waals surface area contributed by atoms with Crippen LogP contribution in [0.15, 0.2) is 47.4 Å². The number of rotatable bonds is 6. The Balaban J connectivity index is 2.15. The number of nitrogens with zero attached hydrogens (tertiary/aromatic N) is 2. The van der Waals surface area contributed by atoms with Gasteiger partial charge in [-0.1, -0.05) is 25.1 Å². The SMILES string of the molecule is COc1cccc(-c2ccc3c(c2)O[C@H](CN(C)C)[C@H](C)CN([C@H](C)CO)S3(=O)=O)c1. The molecule has 2 aromatic carbocycles. The average Bonchev–Trinajstić information content (AvgIpc) is 2.75. The molecule has 31 heavy (non-hydrogen) atoms. The molecular weight excluding hydrogens is 416 g/mol. The van der Waals surface area contributed by atoms with Gasteiger partial charge >= 0.3 is 0 Å². The zero-order valence-electron chi connectivity index (χ0n) is 18.8. The summed E-state index contributed by atoms with van der Waals surface area (Å²) >= 11 is 0. The Hall–Kier alpha value is -2.13. The highest BCUT2D eigenvalue weighted by molar-refractivity contribution is 7.89. The minimum atomic E-state index is -3.84. The summed E-state index contributed by atoms with van der Waals surface area (Å²) in [4.78, 5) is 2.15. The summed E-state index contributed by atoms with van der Waals surface area (Å²) < 4.78 is 40.1. The number of methoxy groups -OCH3 is 1. The predicted octanol–water partition coefficient (Wildman–Crippen LogP) is 2.69. The van der Waals surface area contributed by atoms with E-state index in [1.807, 2.05) is 50.2 Å². The highest BCUT2D eigenvalue weighted by atomic mass is 32.2. The van der Waals surface area contributed by atoms with Crippen molar-refractivity contribution < 1.29 is 23.0 Å². The topological polar surface area (TPSA) is 79.3 Å². The van der Waals surface area contributed by atoms with Gasteiger partial charge in [-0.05, 0) is 56.4 Å². The maximum absolute atomic E-state index is 13.5. The van der Waals surface area contributed by atoms with Crippen LogP contribution >= 0.6 is 0 Å². The second-order valence-electron chi connectivity index (χ2n) is 8.40. The number of sulfonamides is 1.